The van der Waals surface area contributed by atoms with E-state index in [1.54, 1.807) is 12.3 Å². The summed E-state index contributed by atoms with van der Waals surface area (Å²) in [6.45, 7) is 1.99. The van der Waals surface area contributed by atoms with Crippen molar-refractivity contribution in [3.8, 4) is 11.1 Å². The van der Waals surface area contributed by atoms with Crippen molar-refractivity contribution < 1.29 is 27.9 Å². The number of carbonyl (C=O) groups excluding carboxylic acids is 1. The first-order valence-electron chi connectivity index (χ1n) is 8.65. The number of benzene rings is 2. The first-order chi connectivity index (χ1) is 14.1. The minimum Gasteiger partial charge on any atom is -0.475 e. The topological polar surface area (TPSA) is 109 Å². The molecule has 9 heteroatoms. The van der Waals surface area contributed by atoms with Gasteiger partial charge < -0.3 is 15.8 Å². The number of aromatic nitrogens is 2. The zero-order valence-corrected chi connectivity index (χ0v) is 15.6. The molecule has 0 aliphatic heterocycles. The number of carboxylic acids is 1. The summed E-state index contributed by atoms with van der Waals surface area (Å²) in [4.78, 5) is 28.4. The van der Waals surface area contributed by atoms with Crippen molar-refractivity contribution in [3.63, 3.8) is 0 Å². The molecular formula is C21H16F3N3O3. The molecule has 0 atom stereocenters. The van der Waals surface area contributed by atoms with Gasteiger partial charge in [-0.2, -0.15) is 13.2 Å². The van der Waals surface area contributed by atoms with Crippen LogP contribution in [0.1, 0.15) is 15.9 Å². The van der Waals surface area contributed by atoms with Gasteiger partial charge in [-0.15, -0.1) is 0 Å². The Bertz CT molecular complexity index is 1260. The molecule has 0 fully saturated rings. The van der Waals surface area contributed by atoms with Gasteiger partial charge in [0.05, 0.1) is 5.52 Å². The molecule has 0 saturated carbocycles. The third-order valence-corrected chi connectivity index (χ3v) is 4.49. The number of halogens is 3. The second kappa shape index (κ2) is 7.86. The van der Waals surface area contributed by atoms with E-state index >= 15 is 0 Å². The van der Waals surface area contributed by atoms with Gasteiger partial charge in [0.15, 0.2) is 0 Å². The van der Waals surface area contributed by atoms with Crippen LogP contribution < -0.4 is 5.73 Å². The van der Waals surface area contributed by atoms with E-state index in [1.807, 2.05) is 43.5 Å². The number of hydrogen-bond donors (Lipinski definition) is 3. The Hall–Kier alpha value is -3.88. The number of para-hydroxylation sites is 1. The Balaban J connectivity index is 0.000000318. The van der Waals surface area contributed by atoms with Gasteiger partial charge in [0.25, 0.3) is 0 Å². The number of aliphatic carboxylic acids is 1. The average molecular weight is 415 g/mol. The van der Waals surface area contributed by atoms with Crippen LogP contribution in [-0.2, 0) is 4.79 Å². The predicted octanol–water partition coefficient (Wildman–Crippen LogP) is 4.42. The number of nitrogens with zero attached hydrogens (tertiary/aromatic N) is 1. The van der Waals surface area contributed by atoms with Gasteiger partial charge in [0, 0.05) is 39.8 Å². The normalized spacial score (nSPS) is 11.2. The number of aryl methyl sites for hydroxylation is 1. The first-order valence-corrected chi connectivity index (χ1v) is 8.65. The lowest BCUT2D eigenvalue weighted by atomic mass is 9.93. The monoisotopic (exact) mass is 415 g/mol. The Morgan fingerprint density at radius 3 is 2.37 bits per heavy atom. The summed E-state index contributed by atoms with van der Waals surface area (Å²) in [6, 6.07) is 13.6. The van der Waals surface area contributed by atoms with Crippen LogP contribution in [0.4, 0.5) is 13.2 Å². The third kappa shape index (κ3) is 3.95. The van der Waals surface area contributed by atoms with E-state index in [0.717, 1.165) is 38.5 Å². The van der Waals surface area contributed by atoms with Crippen LogP contribution >= 0.6 is 0 Å². The molecule has 2 heterocycles. The lowest BCUT2D eigenvalue weighted by Crippen LogP contribution is -2.21. The van der Waals surface area contributed by atoms with Crippen molar-refractivity contribution >= 4 is 33.7 Å². The van der Waals surface area contributed by atoms with E-state index in [1.165, 1.54) is 0 Å². The van der Waals surface area contributed by atoms with Gasteiger partial charge in [-0.1, -0.05) is 30.3 Å². The highest BCUT2D eigenvalue weighted by Gasteiger charge is 2.38. The zero-order valence-electron chi connectivity index (χ0n) is 15.6. The van der Waals surface area contributed by atoms with Crippen LogP contribution in [0.2, 0.25) is 0 Å². The molecule has 0 aliphatic rings. The second-order valence-electron chi connectivity index (χ2n) is 6.44. The number of H-pyrrole nitrogens is 1. The van der Waals surface area contributed by atoms with E-state index in [9.17, 15) is 18.0 Å². The van der Waals surface area contributed by atoms with Crippen molar-refractivity contribution in [1.82, 2.24) is 9.97 Å². The van der Waals surface area contributed by atoms with E-state index in [4.69, 9.17) is 15.6 Å². The molecule has 0 radical (unpaired) electrons. The second-order valence-corrected chi connectivity index (χ2v) is 6.44. The maximum Gasteiger partial charge on any atom is 0.490 e. The standard InChI is InChI=1S/C19H15N3O.C2HF3O2/c1-11-4-2-7-14(19(20)23)17(11)13-6-3-5-12-15-10-21-9-8-16(15)22-18(12)13;3-2(4,5)1(6)7/h2-10,22H,1H3,(H2,20,23);(H,6,7). The molecule has 4 N–H and O–H groups in total. The SMILES string of the molecule is Cc1cccc(C(N)=O)c1-c1cccc2c1[nH]c1ccncc12.O=C(O)C(F)(F)F. The molecule has 4 rings (SSSR count). The molecule has 2 aromatic heterocycles. The van der Waals surface area contributed by atoms with Gasteiger partial charge in [0.2, 0.25) is 5.91 Å². The smallest absolute Gasteiger partial charge is 0.475 e. The summed E-state index contributed by atoms with van der Waals surface area (Å²) in [5, 5.41) is 9.28. The zero-order chi connectivity index (χ0) is 22.1. The van der Waals surface area contributed by atoms with Gasteiger partial charge in [0.1, 0.15) is 0 Å². The molecule has 2 aromatic carbocycles. The number of nitrogens with one attached hydrogen (secondary N) is 1. The number of fused-ring (bicyclic) bond motifs is 3. The fourth-order valence-electron chi connectivity index (χ4n) is 3.20. The fraction of sp³-hybridized carbons (Fsp3) is 0.0952. The summed E-state index contributed by atoms with van der Waals surface area (Å²) in [7, 11) is 0. The molecule has 0 saturated heterocycles. The van der Waals surface area contributed by atoms with Gasteiger partial charge >= 0.3 is 12.1 Å². The number of aromatic amines is 1. The first kappa shape index (κ1) is 20.8. The van der Waals surface area contributed by atoms with Gasteiger partial charge in [-0.05, 0) is 30.2 Å². The van der Waals surface area contributed by atoms with Crippen LogP contribution in [0.3, 0.4) is 0 Å². The van der Waals surface area contributed by atoms with Gasteiger partial charge in [-0.3, -0.25) is 9.78 Å². The summed E-state index contributed by atoms with van der Waals surface area (Å²) in [5.74, 6) is -3.18. The van der Waals surface area contributed by atoms with Crippen LogP contribution in [0.15, 0.2) is 54.9 Å². The number of alkyl halides is 3. The number of carboxylic acid groups (broad SMARTS) is 1. The van der Waals surface area contributed by atoms with Crippen molar-refractivity contribution in [2.24, 2.45) is 5.73 Å². The maximum atomic E-state index is 11.9. The maximum absolute atomic E-state index is 11.9. The Kier molecular flexibility index (Phi) is 5.46. The molecular weight excluding hydrogens is 399 g/mol. The predicted molar refractivity (Wildman–Crippen MR) is 106 cm³/mol. The molecule has 0 spiro atoms. The number of rotatable bonds is 2. The van der Waals surface area contributed by atoms with Crippen molar-refractivity contribution in [2.45, 2.75) is 13.1 Å². The molecule has 0 bridgehead atoms. The molecule has 1 amide bonds. The average Bonchev–Trinajstić information content (AvgIpc) is 3.06. The highest BCUT2D eigenvalue weighted by atomic mass is 19.4. The van der Waals surface area contributed by atoms with Crippen molar-refractivity contribution in [1.29, 1.82) is 0 Å². The third-order valence-electron chi connectivity index (χ3n) is 4.49. The number of nitrogens with two attached hydrogens (primary N) is 1. The Morgan fingerprint density at radius 2 is 1.73 bits per heavy atom. The van der Waals surface area contributed by atoms with E-state index in [2.05, 4.69) is 16.0 Å². The molecule has 154 valence electrons. The quantitative estimate of drug-likeness (QED) is 0.450. The molecule has 30 heavy (non-hydrogen) atoms. The van der Waals surface area contributed by atoms with Crippen LogP contribution in [0.5, 0.6) is 0 Å². The number of primary amides is 1. The molecule has 6 nitrogen and oxygen atoms in total. The van der Waals surface area contributed by atoms with Crippen LogP contribution in [0.25, 0.3) is 32.9 Å². The molecule has 4 aromatic rings. The van der Waals surface area contributed by atoms with Crippen LogP contribution in [-0.4, -0.2) is 33.1 Å². The molecule has 0 unspecified atom stereocenters. The van der Waals surface area contributed by atoms with Crippen molar-refractivity contribution in [3.05, 3.63) is 66.0 Å². The largest absolute Gasteiger partial charge is 0.490 e. The van der Waals surface area contributed by atoms with Gasteiger partial charge in [-0.25, -0.2) is 4.79 Å². The lowest BCUT2D eigenvalue weighted by molar-refractivity contribution is -0.192. The summed E-state index contributed by atoms with van der Waals surface area (Å²) >= 11 is 0. The van der Waals surface area contributed by atoms with Crippen LogP contribution in [0, 0.1) is 6.92 Å². The molecule has 0 aliphatic carbocycles. The number of pyridine rings is 1. The highest BCUT2D eigenvalue weighted by molar-refractivity contribution is 6.13. The van der Waals surface area contributed by atoms with Crippen molar-refractivity contribution in [2.75, 3.05) is 0 Å². The number of carbonyl (C=O) groups is 2. The Labute approximate surface area is 168 Å². The van der Waals surface area contributed by atoms with E-state index in [-0.39, 0.29) is 0 Å². The fourth-order valence-corrected chi connectivity index (χ4v) is 3.20. The van der Waals surface area contributed by atoms with E-state index in [0.29, 0.717) is 5.56 Å². The summed E-state index contributed by atoms with van der Waals surface area (Å²) in [6.07, 6.45) is -1.47. The highest BCUT2D eigenvalue weighted by Crippen LogP contribution is 2.35. The summed E-state index contributed by atoms with van der Waals surface area (Å²) in [5.41, 5.74) is 11.0. The minimum absolute atomic E-state index is 0.418. The number of hydrogen-bond acceptors (Lipinski definition) is 3. The lowest BCUT2D eigenvalue weighted by Gasteiger charge is -2.11. The van der Waals surface area contributed by atoms with E-state index < -0.39 is 18.1 Å². The Morgan fingerprint density at radius 1 is 1.07 bits per heavy atom. The summed E-state index contributed by atoms with van der Waals surface area (Å²) < 4.78 is 31.7. The number of amides is 1. The minimum atomic E-state index is -5.08.